The van der Waals surface area contributed by atoms with Gasteiger partial charge in [0.25, 0.3) is 0 Å². The number of aryl methyl sites for hydroxylation is 1. The molecule has 1 saturated heterocycles. The van der Waals surface area contributed by atoms with Crippen molar-refractivity contribution >= 4 is 5.78 Å². The summed E-state index contributed by atoms with van der Waals surface area (Å²) >= 11 is 0. The van der Waals surface area contributed by atoms with E-state index in [1.54, 1.807) is 0 Å². The van der Waals surface area contributed by atoms with Crippen molar-refractivity contribution in [2.75, 3.05) is 13.2 Å². The van der Waals surface area contributed by atoms with Gasteiger partial charge in [0.2, 0.25) is 0 Å². The van der Waals surface area contributed by atoms with Gasteiger partial charge < -0.3 is 14.4 Å². The number of Topliss-reactive ketones (excluding diaryl/α,β-unsaturated/α-hetero) is 1. The minimum atomic E-state index is -0.426. The Bertz CT molecular complexity index is 417. The quantitative estimate of drug-likeness (QED) is 0.807. The summed E-state index contributed by atoms with van der Waals surface area (Å²) in [6, 6.07) is 1.85. The minimum absolute atomic E-state index is 0.211. The number of ether oxygens (including phenoxy) is 1. The van der Waals surface area contributed by atoms with Crippen LogP contribution in [0.1, 0.15) is 34.6 Å². The zero-order chi connectivity index (χ0) is 12.4. The summed E-state index contributed by atoms with van der Waals surface area (Å²) < 4.78 is 7.72. The molecule has 0 amide bonds. The third-order valence-electron chi connectivity index (χ3n) is 3.43. The van der Waals surface area contributed by atoms with Crippen LogP contribution in [-0.2, 0) is 11.3 Å². The number of aliphatic hydroxyl groups is 1. The molecule has 1 aliphatic rings. The van der Waals surface area contributed by atoms with Crippen molar-refractivity contribution < 1.29 is 14.6 Å². The van der Waals surface area contributed by atoms with Crippen LogP contribution >= 0.6 is 0 Å². The smallest absolute Gasteiger partial charge is 0.189 e. The fourth-order valence-electron chi connectivity index (χ4n) is 2.44. The first kappa shape index (κ1) is 12.3. The van der Waals surface area contributed by atoms with Gasteiger partial charge in [-0.2, -0.15) is 0 Å². The Kier molecular flexibility index (Phi) is 3.64. The molecule has 1 N–H and O–H groups in total. The third kappa shape index (κ3) is 2.42. The number of rotatable bonds is 4. The molecule has 1 aliphatic heterocycles. The SMILES string of the molecule is Cc1cc(C(=O)CO)c(C)n1CC1CCCO1. The number of carbonyl (C=O) groups excluding carboxylic acids is 1. The van der Waals surface area contributed by atoms with E-state index in [1.807, 2.05) is 19.9 Å². The van der Waals surface area contributed by atoms with Gasteiger partial charge in [-0.3, -0.25) is 4.79 Å². The van der Waals surface area contributed by atoms with E-state index in [0.29, 0.717) is 5.56 Å². The van der Waals surface area contributed by atoms with Crippen LogP contribution < -0.4 is 0 Å². The summed E-state index contributed by atoms with van der Waals surface area (Å²) in [6.45, 7) is 5.12. The lowest BCUT2D eigenvalue weighted by atomic mass is 10.1. The van der Waals surface area contributed by atoms with Gasteiger partial charge in [0.05, 0.1) is 6.10 Å². The number of ketones is 1. The van der Waals surface area contributed by atoms with Crippen molar-refractivity contribution in [1.82, 2.24) is 4.57 Å². The second-order valence-corrected chi connectivity index (χ2v) is 4.61. The molecule has 0 bridgehead atoms. The molecule has 1 atom stereocenters. The van der Waals surface area contributed by atoms with Crippen molar-refractivity contribution in [2.24, 2.45) is 0 Å². The van der Waals surface area contributed by atoms with Crippen LogP contribution in [0.25, 0.3) is 0 Å². The lowest BCUT2D eigenvalue weighted by Gasteiger charge is -2.14. The largest absolute Gasteiger partial charge is 0.388 e. The predicted octanol–water partition coefficient (Wildman–Crippen LogP) is 1.46. The average molecular weight is 237 g/mol. The lowest BCUT2D eigenvalue weighted by Crippen LogP contribution is -2.17. The summed E-state index contributed by atoms with van der Waals surface area (Å²) in [5.74, 6) is -0.211. The van der Waals surface area contributed by atoms with Gasteiger partial charge in [0.15, 0.2) is 5.78 Å². The number of aliphatic hydroxyl groups excluding tert-OH is 1. The van der Waals surface area contributed by atoms with Crippen molar-refractivity contribution in [3.05, 3.63) is 23.0 Å². The molecule has 1 aromatic heterocycles. The monoisotopic (exact) mass is 237 g/mol. The second-order valence-electron chi connectivity index (χ2n) is 4.61. The minimum Gasteiger partial charge on any atom is -0.388 e. The topological polar surface area (TPSA) is 51.5 Å². The molecule has 0 radical (unpaired) electrons. The molecule has 4 nitrogen and oxygen atoms in total. The predicted molar refractivity (Wildman–Crippen MR) is 64.3 cm³/mol. The van der Waals surface area contributed by atoms with E-state index in [-0.39, 0.29) is 11.9 Å². The van der Waals surface area contributed by atoms with E-state index in [9.17, 15) is 4.79 Å². The van der Waals surface area contributed by atoms with Gasteiger partial charge in [-0.05, 0) is 32.8 Å². The van der Waals surface area contributed by atoms with E-state index in [2.05, 4.69) is 4.57 Å². The fourth-order valence-corrected chi connectivity index (χ4v) is 2.44. The zero-order valence-corrected chi connectivity index (χ0v) is 10.4. The van der Waals surface area contributed by atoms with E-state index >= 15 is 0 Å². The maximum Gasteiger partial charge on any atom is 0.189 e. The molecule has 2 heterocycles. The molecule has 94 valence electrons. The Morgan fingerprint density at radius 3 is 2.94 bits per heavy atom. The Labute approximate surface area is 101 Å². The van der Waals surface area contributed by atoms with E-state index < -0.39 is 6.61 Å². The molecular formula is C13H19NO3. The van der Waals surface area contributed by atoms with Crippen LogP contribution in [0.3, 0.4) is 0 Å². The first-order chi connectivity index (χ1) is 8.13. The summed E-state index contributed by atoms with van der Waals surface area (Å²) in [7, 11) is 0. The third-order valence-corrected chi connectivity index (χ3v) is 3.43. The van der Waals surface area contributed by atoms with Crippen LogP contribution in [0, 0.1) is 13.8 Å². The Hall–Kier alpha value is -1.13. The maximum absolute atomic E-state index is 11.5. The van der Waals surface area contributed by atoms with Gasteiger partial charge >= 0.3 is 0 Å². The Morgan fingerprint density at radius 2 is 2.35 bits per heavy atom. The fraction of sp³-hybridized carbons (Fsp3) is 0.615. The second kappa shape index (κ2) is 5.02. The number of nitrogens with zero attached hydrogens (tertiary/aromatic N) is 1. The lowest BCUT2D eigenvalue weighted by molar-refractivity contribution is 0.0898. The van der Waals surface area contributed by atoms with Crippen LogP contribution in [0.5, 0.6) is 0 Å². The highest BCUT2D eigenvalue weighted by Gasteiger charge is 2.20. The molecule has 2 rings (SSSR count). The van der Waals surface area contributed by atoms with Gasteiger partial charge in [-0.1, -0.05) is 0 Å². The highest BCUT2D eigenvalue weighted by atomic mass is 16.5. The summed E-state index contributed by atoms with van der Waals surface area (Å²) in [4.78, 5) is 11.5. The molecule has 0 spiro atoms. The highest BCUT2D eigenvalue weighted by molar-refractivity contribution is 5.98. The zero-order valence-electron chi connectivity index (χ0n) is 10.4. The van der Waals surface area contributed by atoms with Crippen LogP contribution in [0.15, 0.2) is 6.07 Å². The van der Waals surface area contributed by atoms with Gasteiger partial charge in [0.1, 0.15) is 6.61 Å². The number of carbonyl (C=O) groups is 1. The van der Waals surface area contributed by atoms with Crippen molar-refractivity contribution in [3.8, 4) is 0 Å². The molecule has 1 unspecified atom stereocenters. The van der Waals surface area contributed by atoms with Crippen LogP contribution in [0.2, 0.25) is 0 Å². The standard InChI is InChI=1S/C13H19NO3/c1-9-6-12(13(16)8-15)10(2)14(9)7-11-4-3-5-17-11/h6,11,15H,3-5,7-8H2,1-2H3. The summed E-state index contributed by atoms with van der Waals surface area (Å²) in [6.07, 6.45) is 2.46. The summed E-state index contributed by atoms with van der Waals surface area (Å²) in [5, 5.41) is 8.91. The van der Waals surface area contributed by atoms with Crippen molar-refractivity contribution in [1.29, 1.82) is 0 Å². The van der Waals surface area contributed by atoms with E-state index in [0.717, 1.165) is 37.4 Å². The molecule has 1 fully saturated rings. The first-order valence-electron chi connectivity index (χ1n) is 6.06. The van der Waals surface area contributed by atoms with E-state index in [1.165, 1.54) is 0 Å². The molecule has 0 saturated carbocycles. The molecule has 4 heteroatoms. The number of aromatic nitrogens is 1. The molecular weight excluding hydrogens is 218 g/mol. The van der Waals surface area contributed by atoms with Crippen LogP contribution in [-0.4, -0.2) is 34.8 Å². The summed E-state index contributed by atoms with van der Waals surface area (Å²) in [5.41, 5.74) is 2.61. The van der Waals surface area contributed by atoms with Crippen LogP contribution in [0.4, 0.5) is 0 Å². The Morgan fingerprint density at radius 1 is 1.59 bits per heavy atom. The normalized spacial score (nSPS) is 19.8. The Balaban J connectivity index is 2.21. The van der Waals surface area contributed by atoms with Crippen molar-refractivity contribution in [2.45, 2.75) is 39.3 Å². The molecule has 0 aliphatic carbocycles. The maximum atomic E-state index is 11.5. The molecule has 17 heavy (non-hydrogen) atoms. The molecule has 1 aromatic rings. The molecule has 0 aromatic carbocycles. The van der Waals surface area contributed by atoms with Gasteiger partial charge in [-0.25, -0.2) is 0 Å². The van der Waals surface area contributed by atoms with Gasteiger partial charge in [0, 0.05) is 30.1 Å². The number of hydrogen-bond donors (Lipinski definition) is 1. The van der Waals surface area contributed by atoms with Gasteiger partial charge in [-0.15, -0.1) is 0 Å². The number of hydrogen-bond acceptors (Lipinski definition) is 3. The highest BCUT2D eigenvalue weighted by Crippen LogP contribution is 2.20. The average Bonchev–Trinajstić information content (AvgIpc) is 2.91. The first-order valence-corrected chi connectivity index (χ1v) is 6.06. The van der Waals surface area contributed by atoms with E-state index in [4.69, 9.17) is 9.84 Å². The van der Waals surface area contributed by atoms with Crippen molar-refractivity contribution in [3.63, 3.8) is 0 Å².